The Morgan fingerprint density at radius 1 is 1.14 bits per heavy atom. The topological polar surface area (TPSA) is 51.8 Å². The number of aromatic nitrogens is 2. The van der Waals surface area contributed by atoms with E-state index in [1.807, 2.05) is 19.3 Å². The maximum atomic E-state index is 5.87. The van der Waals surface area contributed by atoms with E-state index in [2.05, 4.69) is 9.97 Å². The minimum absolute atomic E-state index is 0.414. The molecule has 0 saturated heterocycles. The van der Waals surface area contributed by atoms with Crippen molar-refractivity contribution >= 4 is 0 Å². The van der Waals surface area contributed by atoms with Crippen molar-refractivity contribution in [3.63, 3.8) is 0 Å². The van der Waals surface area contributed by atoms with Gasteiger partial charge in [0.25, 0.3) is 0 Å². The fourth-order valence-electron chi connectivity index (χ4n) is 2.07. The summed E-state index contributed by atoms with van der Waals surface area (Å²) >= 11 is 0. The molecule has 0 unspecified atom stereocenters. The maximum absolute atomic E-state index is 5.87. The van der Waals surface area contributed by atoms with Crippen LogP contribution in [0.2, 0.25) is 0 Å². The molecule has 0 spiro atoms. The van der Waals surface area contributed by atoms with Crippen molar-refractivity contribution in [2.45, 2.75) is 44.6 Å². The van der Waals surface area contributed by atoms with E-state index >= 15 is 0 Å². The lowest BCUT2D eigenvalue weighted by Gasteiger charge is -2.25. The Balaban J connectivity index is 2.05. The second kappa shape index (κ2) is 4.05. The average molecular weight is 191 g/mol. The second-order valence-electron chi connectivity index (χ2n) is 4.18. The third-order valence-corrected chi connectivity index (χ3v) is 3.04. The first-order valence-corrected chi connectivity index (χ1v) is 5.30. The number of rotatable bonds is 1. The Morgan fingerprint density at radius 3 is 2.29 bits per heavy atom. The molecule has 0 bridgehead atoms. The van der Waals surface area contributed by atoms with Crippen LogP contribution < -0.4 is 5.73 Å². The van der Waals surface area contributed by atoms with Crippen LogP contribution in [0.4, 0.5) is 0 Å². The molecule has 0 radical (unpaired) electrons. The second-order valence-corrected chi connectivity index (χ2v) is 4.18. The van der Waals surface area contributed by atoms with Crippen molar-refractivity contribution in [1.82, 2.24) is 9.97 Å². The minimum Gasteiger partial charge on any atom is -0.328 e. The lowest BCUT2D eigenvalue weighted by Crippen LogP contribution is -2.25. The fourth-order valence-corrected chi connectivity index (χ4v) is 2.07. The normalized spacial score (nSPS) is 27.6. The molecule has 0 aliphatic heterocycles. The molecule has 76 valence electrons. The van der Waals surface area contributed by atoms with Crippen LogP contribution in [0.25, 0.3) is 0 Å². The SMILES string of the molecule is Cc1ncc(C2CCC(N)CC2)cn1. The van der Waals surface area contributed by atoms with E-state index in [9.17, 15) is 0 Å². The van der Waals surface area contributed by atoms with E-state index in [4.69, 9.17) is 5.73 Å². The fraction of sp³-hybridized carbons (Fsp3) is 0.636. The summed E-state index contributed by atoms with van der Waals surface area (Å²) in [5.74, 6) is 1.48. The highest BCUT2D eigenvalue weighted by atomic mass is 14.8. The number of nitrogens with zero attached hydrogens (tertiary/aromatic N) is 2. The smallest absolute Gasteiger partial charge is 0.125 e. The van der Waals surface area contributed by atoms with Crippen molar-refractivity contribution < 1.29 is 0 Å². The van der Waals surface area contributed by atoms with Crippen LogP contribution in [0.5, 0.6) is 0 Å². The zero-order valence-electron chi connectivity index (χ0n) is 8.61. The van der Waals surface area contributed by atoms with Gasteiger partial charge in [-0.3, -0.25) is 0 Å². The number of nitrogens with two attached hydrogens (primary N) is 1. The Labute approximate surface area is 84.8 Å². The Morgan fingerprint density at radius 2 is 1.71 bits per heavy atom. The minimum atomic E-state index is 0.414. The number of aryl methyl sites for hydroxylation is 1. The predicted octanol–water partition coefficient (Wildman–Crippen LogP) is 1.77. The van der Waals surface area contributed by atoms with Gasteiger partial charge in [-0.15, -0.1) is 0 Å². The number of hydrogen-bond acceptors (Lipinski definition) is 3. The third-order valence-electron chi connectivity index (χ3n) is 3.04. The van der Waals surface area contributed by atoms with Crippen molar-refractivity contribution in [1.29, 1.82) is 0 Å². The molecule has 1 aliphatic carbocycles. The van der Waals surface area contributed by atoms with Gasteiger partial charge >= 0.3 is 0 Å². The van der Waals surface area contributed by atoms with Crippen LogP contribution in [0.3, 0.4) is 0 Å². The van der Waals surface area contributed by atoms with E-state index in [-0.39, 0.29) is 0 Å². The molecule has 2 rings (SSSR count). The van der Waals surface area contributed by atoms with Gasteiger partial charge in [-0.05, 0) is 44.1 Å². The summed E-state index contributed by atoms with van der Waals surface area (Å²) in [7, 11) is 0. The molecule has 0 aromatic carbocycles. The summed E-state index contributed by atoms with van der Waals surface area (Å²) < 4.78 is 0. The van der Waals surface area contributed by atoms with Crippen molar-refractivity contribution in [2.24, 2.45) is 5.73 Å². The highest BCUT2D eigenvalue weighted by Crippen LogP contribution is 2.31. The summed E-state index contributed by atoms with van der Waals surface area (Å²) in [5, 5.41) is 0. The monoisotopic (exact) mass is 191 g/mol. The molecule has 1 aliphatic rings. The van der Waals surface area contributed by atoms with Crippen molar-refractivity contribution in [3.05, 3.63) is 23.8 Å². The standard InChI is InChI=1S/C11H17N3/c1-8-13-6-10(7-14-8)9-2-4-11(12)5-3-9/h6-7,9,11H,2-5,12H2,1H3. The predicted molar refractivity (Wildman–Crippen MR) is 56.0 cm³/mol. The van der Waals surface area contributed by atoms with Gasteiger partial charge in [-0.1, -0.05) is 0 Å². The lowest BCUT2D eigenvalue weighted by molar-refractivity contribution is 0.394. The highest BCUT2D eigenvalue weighted by molar-refractivity contribution is 5.12. The van der Waals surface area contributed by atoms with Crippen LogP contribution in [0.15, 0.2) is 12.4 Å². The molecular weight excluding hydrogens is 174 g/mol. The van der Waals surface area contributed by atoms with Crippen LogP contribution in [-0.2, 0) is 0 Å². The summed E-state index contributed by atoms with van der Waals surface area (Å²) in [4.78, 5) is 8.46. The molecule has 1 aromatic heterocycles. The van der Waals surface area contributed by atoms with Gasteiger partial charge in [0.2, 0.25) is 0 Å². The average Bonchev–Trinajstić information content (AvgIpc) is 2.21. The van der Waals surface area contributed by atoms with Crippen molar-refractivity contribution in [3.8, 4) is 0 Å². The van der Waals surface area contributed by atoms with E-state index < -0.39 is 0 Å². The van der Waals surface area contributed by atoms with Crippen LogP contribution in [0.1, 0.15) is 43.0 Å². The molecule has 1 saturated carbocycles. The van der Waals surface area contributed by atoms with Gasteiger partial charge in [0.05, 0.1) is 0 Å². The van der Waals surface area contributed by atoms with E-state index in [0.717, 1.165) is 18.7 Å². The van der Waals surface area contributed by atoms with Gasteiger partial charge in [0, 0.05) is 18.4 Å². The van der Waals surface area contributed by atoms with Crippen molar-refractivity contribution in [2.75, 3.05) is 0 Å². The molecular formula is C11H17N3. The molecule has 1 fully saturated rings. The molecule has 1 heterocycles. The van der Waals surface area contributed by atoms with Gasteiger partial charge in [-0.25, -0.2) is 9.97 Å². The lowest BCUT2D eigenvalue weighted by atomic mass is 9.83. The van der Waals surface area contributed by atoms with Gasteiger partial charge in [-0.2, -0.15) is 0 Å². The van der Waals surface area contributed by atoms with Gasteiger partial charge < -0.3 is 5.73 Å². The summed E-state index contributed by atoms with van der Waals surface area (Å²) in [5.41, 5.74) is 7.15. The van der Waals surface area contributed by atoms with E-state index in [1.165, 1.54) is 18.4 Å². The zero-order chi connectivity index (χ0) is 9.97. The summed E-state index contributed by atoms with van der Waals surface area (Å²) in [6, 6.07) is 0.414. The highest BCUT2D eigenvalue weighted by Gasteiger charge is 2.20. The quantitative estimate of drug-likeness (QED) is 0.736. The van der Waals surface area contributed by atoms with E-state index in [0.29, 0.717) is 12.0 Å². The molecule has 2 N–H and O–H groups in total. The van der Waals surface area contributed by atoms with E-state index in [1.54, 1.807) is 0 Å². The van der Waals surface area contributed by atoms with Crippen LogP contribution in [-0.4, -0.2) is 16.0 Å². The maximum Gasteiger partial charge on any atom is 0.125 e. The zero-order valence-corrected chi connectivity index (χ0v) is 8.61. The molecule has 3 nitrogen and oxygen atoms in total. The van der Waals surface area contributed by atoms with Crippen LogP contribution in [0, 0.1) is 6.92 Å². The third kappa shape index (κ3) is 2.10. The molecule has 0 amide bonds. The molecule has 0 atom stereocenters. The molecule has 1 aromatic rings. The largest absolute Gasteiger partial charge is 0.328 e. The van der Waals surface area contributed by atoms with Gasteiger partial charge in [0.15, 0.2) is 0 Å². The summed E-state index contributed by atoms with van der Waals surface area (Å²) in [6.45, 7) is 1.92. The van der Waals surface area contributed by atoms with Crippen LogP contribution >= 0.6 is 0 Å². The molecule has 14 heavy (non-hydrogen) atoms. The first kappa shape index (κ1) is 9.59. The first-order valence-electron chi connectivity index (χ1n) is 5.30. The summed E-state index contributed by atoms with van der Waals surface area (Å²) in [6.07, 6.45) is 8.58. The Hall–Kier alpha value is -0.960. The number of hydrogen-bond donors (Lipinski definition) is 1. The Kier molecular flexibility index (Phi) is 2.77. The molecule has 3 heteroatoms. The van der Waals surface area contributed by atoms with Gasteiger partial charge in [0.1, 0.15) is 5.82 Å². The Bertz CT molecular complexity index is 286. The first-order chi connectivity index (χ1) is 6.75.